The second kappa shape index (κ2) is 5.17. The minimum Gasteiger partial charge on any atom is -0.330 e. The Morgan fingerprint density at radius 2 is 2.00 bits per heavy atom. The standard InChI is InChI=1S/C14H19Cl2N/c1-10(5-8-17)14(6-2-7-14)11-3-4-12(15)13(16)9-11/h3-4,9-10H,2,5-8,17H2,1H3. The highest BCUT2D eigenvalue weighted by Crippen LogP contribution is 2.51. The van der Waals surface area contributed by atoms with Crippen LogP contribution in [0.1, 0.15) is 38.2 Å². The first-order chi connectivity index (χ1) is 8.10. The van der Waals surface area contributed by atoms with Crippen LogP contribution in [0, 0.1) is 5.92 Å². The van der Waals surface area contributed by atoms with Crippen molar-refractivity contribution in [3.05, 3.63) is 33.8 Å². The highest BCUT2D eigenvalue weighted by molar-refractivity contribution is 6.42. The largest absolute Gasteiger partial charge is 0.330 e. The Balaban J connectivity index is 2.31. The average molecular weight is 272 g/mol. The molecule has 2 N–H and O–H groups in total. The zero-order valence-electron chi connectivity index (χ0n) is 10.2. The van der Waals surface area contributed by atoms with E-state index in [0.717, 1.165) is 13.0 Å². The molecule has 1 aromatic carbocycles. The van der Waals surface area contributed by atoms with Crippen LogP contribution in [-0.4, -0.2) is 6.54 Å². The molecule has 1 aliphatic rings. The number of hydrogen-bond donors (Lipinski definition) is 1. The van der Waals surface area contributed by atoms with Gasteiger partial charge in [0.25, 0.3) is 0 Å². The van der Waals surface area contributed by atoms with Crippen LogP contribution in [0.4, 0.5) is 0 Å². The monoisotopic (exact) mass is 271 g/mol. The average Bonchev–Trinajstić information content (AvgIpc) is 2.22. The topological polar surface area (TPSA) is 26.0 Å². The van der Waals surface area contributed by atoms with E-state index in [2.05, 4.69) is 13.0 Å². The van der Waals surface area contributed by atoms with Gasteiger partial charge in [-0.25, -0.2) is 0 Å². The molecular formula is C14H19Cl2N. The summed E-state index contributed by atoms with van der Waals surface area (Å²) in [5.74, 6) is 0.610. The lowest BCUT2D eigenvalue weighted by Crippen LogP contribution is -2.41. The summed E-state index contributed by atoms with van der Waals surface area (Å²) in [5, 5.41) is 1.30. The second-order valence-electron chi connectivity index (χ2n) is 5.12. The first kappa shape index (κ1) is 13.2. The lowest BCUT2D eigenvalue weighted by Gasteiger charge is -2.47. The quantitative estimate of drug-likeness (QED) is 0.863. The summed E-state index contributed by atoms with van der Waals surface area (Å²) in [5.41, 5.74) is 7.31. The van der Waals surface area contributed by atoms with Gasteiger partial charge < -0.3 is 5.73 Å². The first-order valence-corrected chi connectivity index (χ1v) is 7.01. The number of hydrogen-bond acceptors (Lipinski definition) is 1. The van der Waals surface area contributed by atoms with Crippen molar-refractivity contribution < 1.29 is 0 Å². The molecule has 0 saturated heterocycles. The lowest BCUT2D eigenvalue weighted by molar-refractivity contribution is 0.151. The van der Waals surface area contributed by atoms with Gasteiger partial charge in [-0.05, 0) is 54.8 Å². The van der Waals surface area contributed by atoms with E-state index in [1.165, 1.54) is 24.8 Å². The van der Waals surface area contributed by atoms with E-state index in [-0.39, 0.29) is 5.41 Å². The predicted octanol–water partition coefficient (Wildman–Crippen LogP) is 4.40. The fraction of sp³-hybridized carbons (Fsp3) is 0.571. The van der Waals surface area contributed by atoms with Gasteiger partial charge in [-0.15, -0.1) is 0 Å². The Morgan fingerprint density at radius 1 is 1.29 bits per heavy atom. The SMILES string of the molecule is CC(CCN)C1(c2ccc(Cl)c(Cl)c2)CCC1. The Morgan fingerprint density at radius 3 is 2.47 bits per heavy atom. The molecule has 0 aliphatic heterocycles. The molecule has 3 heteroatoms. The van der Waals surface area contributed by atoms with E-state index < -0.39 is 0 Å². The van der Waals surface area contributed by atoms with Gasteiger partial charge in [-0.3, -0.25) is 0 Å². The Bertz CT molecular complexity index is 399. The molecule has 0 aromatic heterocycles. The normalized spacial score (nSPS) is 19.8. The lowest BCUT2D eigenvalue weighted by atomic mass is 9.57. The highest BCUT2D eigenvalue weighted by Gasteiger charge is 2.42. The maximum Gasteiger partial charge on any atom is 0.0595 e. The van der Waals surface area contributed by atoms with E-state index in [4.69, 9.17) is 28.9 Å². The number of halogens is 2. The zero-order valence-corrected chi connectivity index (χ0v) is 11.7. The molecule has 0 heterocycles. The van der Waals surface area contributed by atoms with Crippen LogP contribution in [0.2, 0.25) is 10.0 Å². The van der Waals surface area contributed by atoms with Crippen molar-refractivity contribution in [2.24, 2.45) is 11.7 Å². The third-order valence-electron chi connectivity index (χ3n) is 4.28. The summed E-state index contributed by atoms with van der Waals surface area (Å²) < 4.78 is 0. The van der Waals surface area contributed by atoms with Crippen LogP contribution >= 0.6 is 23.2 Å². The van der Waals surface area contributed by atoms with Crippen molar-refractivity contribution in [1.82, 2.24) is 0 Å². The van der Waals surface area contributed by atoms with E-state index >= 15 is 0 Å². The Labute approximate surface area is 113 Å². The molecule has 1 unspecified atom stereocenters. The number of rotatable bonds is 4. The van der Waals surface area contributed by atoms with Gasteiger partial charge in [0.1, 0.15) is 0 Å². The van der Waals surface area contributed by atoms with Crippen molar-refractivity contribution in [3.8, 4) is 0 Å². The summed E-state index contributed by atoms with van der Waals surface area (Å²) >= 11 is 12.1. The van der Waals surface area contributed by atoms with Crippen LogP contribution in [0.25, 0.3) is 0 Å². The van der Waals surface area contributed by atoms with Crippen molar-refractivity contribution in [2.75, 3.05) is 6.54 Å². The molecule has 1 aliphatic carbocycles. The molecule has 0 amide bonds. The minimum atomic E-state index is 0.285. The molecule has 1 aromatic rings. The third-order valence-corrected chi connectivity index (χ3v) is 5.02. The Kier molecular flexibility index (Phi) is 4.02. The van der Waals surface area contributed by atoms with E-state index in [9.17, 15) is 0 Å². The van der Waals surface area contributed by atoms with Crippen LogP contribution in [0.15, 0.2) is 18.2 Å². The van der Waals surface area contributed by atoms with Crippen LogP contribution in [0.3, 0.4) is 0 Å². The third kappa shape index (κ3) is 2.33. The molecule has 1 fully saturated rings. The summed E-state index contributed by atoms with van der Waals surface area (Å²) in [4.78, 5) is 0. The first-order valence-electron chi connectivity index (χ1n) is 6.26. The number of nitrogens with two attached hydrogens (primary N) is 1. The fourth-order valence-corrected chi connectivity index (χ4v) is 3.25. The van der Waals surface area contributed by atoms with Crippen LogP contribution in [-0.2, 0) is 5.41 Å². The van der Waals surface area contributed by atoms with Gasteiger partial charge >= 0.3 is 0 Å². The van der Waals surface area contributed by atoms with Crippen molar-refractivity contribution in [2.45, 2.75) is 38.0 Å². The molecule has 2 rings (SSSR count). The van der Waals surface area contributed by atoms with Crippen molar-refractivity contribution in [3.63, 3.8) is 0 Å². The molecule has 0 bridgehead atoms. The Hall–Kier alpha value is -0.240. The van der Waals surface area contributed by atoms with Crippen LogP contribution < -0.4 is 5.73 Å². The maximum absolute atomic E-state index is 6.13. The summed E-state index contributed by atoms with van der Waals surface area (Å²) in [7, 11) is 0. The molecule has 0 spiro atoms. The van der Waals surface area contributed by atoms with Gasteiger partial charge in [0.05, 0.1) is 10.0 Å². The smallest absolute Gasteiger partial charge is 0.0595 e. The van der Waals surface area contributed by atoms with Crippen molar-refractivity contribution >= 4 is 23.2 Å². The molecule has 1 atom stereocenters. The predicted molar refractivity (Wildman–Crippen MR) is 74.8 cm³/mol. The molecular weight excluding hydrogens is 253 g/mol. The molecule has 0 radical (unpaired) electrons. The van der Waals surface area contributed by atoms with E-state index in [1.807, 2.05) is 12.1 Å². The summed E-state index contributed by atoms with van der Waals surface area (Å²) in [6, 6.07) is 6.07. The molecule has 1 nitrogen and oxygen atoms in total. The fourth-order valence-electron chi connectivity index (χ4n) is 2.96. The molecule has 94 valence electrons. The zero-order chi connectivity index (χ0) is 12.5. The second-order valence-corrected chi connectivity index (χ2v) is 5.93. The molecule has 1 saturated carbocycles. The summed E-state index contributed by atoms with van der Waals surface area (Å²) in [6.07, 6.45) is 4.85. The highest BCUT2D eigenvalue weighted by atomic mass is 35.5. The summed E-state index contributed by atoms with van der Waals surface area (Å²) in [6.45, 7) is 3.05. The van der Waals surface area contributed by atoms with Gasteiger partial charge in [-0.1, -0.05) is 42.6 Å². The van der Waals surface area contributed by atoms with Crippen LogP contribution in [0.5, 0.6) is 0 Å². The van der Waals surface area contributed by atoms with Gasteiger partial charge in [0, 0.05) is 0 Å². The van der Waals surface area contributed by atoms with E-state index in [1.54, 1.807) is 0 Å². The van der Waals surface area contributed by atoms with Gasteiger partial charge in [0.2, 0.25) is 0 Å². The van der Waals surface area contributed by atoms with Gasteiger partial charge in [0.15, 0.2) is 0 Å². The minimum absolute atomic E-state index is 0.285. The maximum atomic E-state index is 6.13. The molecule has 17 heavy (non-hydrogen) atoms. The van der Waals surface area contributed by atoms with E-state index in [0.29, 0.717) is 16.0 Å². The van der Waals surface area contributed by atoms with Gasteiger partial charge in [-0.2, -0.15) is 0 Å². The number of benzene rings is 1. The van der Waals surface area contributed by atoms with Crippen molar-refractivity contribution in [1.29, 1.82) is 0 Å².